The van der Waals surface area contributed by atoms with Crippen LogP contribution in [0.25, 0.3) is 11.1 Å². The maximum Gasteiger partial charge on any atom is 0.335 e. The van der Waals surface area contributed by atoms with E-state index in [0.717, 1.165) is 17.5 Å². The Morgan fingerprint density at radius 3 is 2.41 bits per heavy atom. The van der Waals surface area contributed by atoms with Crippen molar-refractivity contribution in [2.45, 2.75) is 13.3 Å². The molecule has 0 atom stereocenters. The lowest BCUT2D eigenvalue weighted by Crippen LogP contribution is -1.98. The first kappa shape index (κ1) is 11.4. The molecular formula is C15H14O2. The maximum atomic E-state index is 11.0. The zero-order chi connectivity index (χ0) is 12.3. The second-order valence-corrected chi connectivity index (χ2v) is 3.90. The van der Waals surface area contributed by atoms with E-state index in [4.69, 9.17) is 5.11 Å². The third-order valence-electron chi connectivity index (χ3n) is 2.82. The summed E-state index contributed by atoms with van der Waals surface area (Å²) in [6.45, 7) is 2.07. The molecule has 0 saturated carbocycles. The summed E-state index contributed by atoms with van der Waals surface area (Å²) in [5.74, 6) is -0.884. The highest BCUT2D eigenvalue weighted by Crippen LogP contribution is 2.25. The Morgan fingerprint density at radius 2 is 1.82 bits per heavy atom. The lowest BCUT2D eigenvalue weighted by Gasteiger charge is -2.09. The van der Waals surface area contributed by atoms with Gasteiger partial charge in [-0.05, 0) is 35.2 Å². The van der Waals surface area contributed by atoms with Gasteiger partial charge in [0.2, 0.25) is 0 Å². The van der Waals surface area contributed by atoms with Crippen LogP contribution in [-0.2, 0) is 6.42 Å². The molecule has 0 amide bonds. The summed E-state index contributed by atoms with van der Waals surface area (Å²) in [5.41, 5.74) is 3.57. The first-order valence-corrected chi connectivity index (χ1v) is 5.64. The molecule has 0 fully saturated rings. The fourth-order valence-corrected chi connectivity index (χ4v) is 1.90. The molecule has 2 nitrogen and oxygen atoms in total. The Kier molecular flexibility index (Phi) is 3.24. The first-order valence-electron chi connectivity index (χ1n) is 5.64. The standard InChI is InChI=1S/C15H14O2/c1-2-11-8-9-13(15(16)17)10-14(11)12-6-4-3-5-7-12/h3-10H,2H2,1H3,(H,16,17). The largest absolute Gasteiger partial charge is 0.478 e. The molecule has 0 aliphatic heterocycles. The van der Waals surface area contributed by atoms with Crippen LogP contribution >= 0.6 is 0 Å². The first-order chi connectivity index (χ1) is 8.22. The van der Waals surface area contributed by atoms with Crippen LogP contribution in [0.1, 0.15) is 22.8 Å². The normalized spacial score (nSPS) is 10.2. The number of benzene rings is 2. The van der Waals surface area contributed by atoms with Gasteiger partial charge in [0.1, 0.15) is 0 Å². The second kappa shape index (κ2) is 4.83. The molecule has 0 aromatic heterocycles. The molecule has 0 aliphatic rings. The van der Waals surface area contributed by atoms with E-state index in [1.54, 1.807) is 12.1 Å². The van der Waals surface area contributed by atoms with E-state index < -0.39 is 5.97 Å². The molecule has 17 heavy (non-hydrogen) atoms. The summed E-state index contributed by atoms with van der Waals surface area (Å²) in [7, 11) is 0. The number of carbonyl (C=O) groups is 1. The highest BCUT2D eigenvalue weighted by molar-refractivity contribution is 5.90. The molecule has 2 aromatic carbocycles. The van der Waals surface area contributed by atoms with E-state index in [9.17, 15) is 4.79 Å². The second-order valence-electron chi connectivity index (χ2n) is 3.90. The molecule has 0 heterocycles. The van der Waals surface area contributed by atoms with Gasteiger partial charge in [0.05, 0.1) is 5.56 Å². The summed E-state index contributed by atoms with van der Waals surface area (Å²) >= 11 is 0. The molecular weight excluding hydrogens is 212 g/mol. The van der Waals surface area contributed by atoms with Crippen molar-refractivity contribution in [3.8, 4) is 11.1 Å². The van der Waals surface area contributed by atoms with E-state index in [-0.39, 0.29) is 0 Å². The minimum absolute atomic E-state index is 0.334. The van der Waals surface area contributed by atoms with E-state index in [2.05, 4.69) is 6.92 Å². The molecule has 0 bridgehead atoms. The monoisotopic (exact) mass is 226 g/mol. The van der Waals surface area contributed by atoms with E-state index in [1.807, 2.05) is 36.4 Å². The van der Waals surface area contributed by atoms with Gasteiger partial charge < -0.3 is 5.11 Å². The number of hydrogen-bond acceptors (Lipinski definition) is 1. The predicted molar refractivity (Wildman–Crippen MR) is 68.2 cm³/mol. The van der Waals surface area contributed by atoms with Crippen molar-refractivity contribution in [1.29, 1.82) is 0 Å². The fraction of sp³-hybridized carbons (Fsp3) is 0.133. The predicted octanol–water partition coefficient (Wildman–Crippen LogP) is 3.61. The number of hydrogen-bond donors (Lipinski definition) is 1. The molecule has 1 N–H and O–H groups in total. The Bertz CT molecular complexity index is 530. The Balaban J connectivity index is 2.58. The van der Waals surface area contributed by atoms with Crippen LogP contribution in [0, 0.1) is 0 Å². The molecule has 0 aliphatic carbocycles. The van der Waals surface area contributed by atoms with Crippen LogP contribution in [0.3, 0.4) is 0 Å². The van der Waals surface area contributed by atoms with Gasteiger partial charge in [0.25, 0.3) is 0 Å². The Hall–Kier alpha value is -2.09. The van der Waals surface area contributed by atoms with Crippen molar-refractivity contribution < 1.29 is 9.90 Å². The summed E-state index contributed by atoms with van der Waals surface area (Å²) in [6, 6.07) is 15.2. The van der Waals surface area contributed by atoms with Gasteiger partial charge >= 0.3 is 5.97 Å². The van der Waals surface area contributed by atoms with E-state index in [0.29, 0.717) is 5.56 Å². The maximum absolute atomic E-state index is 11.0. The quantitative estimate of drug-likeness (QED) is 0.868. The van der Waals surface area contributed by atoms with Gasteiger partial charge in [-0.2, -0.15) is 0 Å². The van der Waals surface area contributed by atoms with Crippen LogP contribution in [0.4, 0.5) is 0 Å². The molecule has 2 heteroatoms. The van der Waals surface area contributed by atoms with E-state index in [1.165, 1.54) is 5.56 Å². The van der Waals surface area contributed by atoms with Crippen molar-refractivity contribution in [1.82, 2.24) is 0 Å². The molecule has 2 rings (SSSR count). The Labute approximate surface area is 101 Å². The van der Waals surface area contributed by atoms with Gasteiger partial charge in [-0.15, -0.1) is 0 Å². The summed E-state index contributed by atoms with van der Waals surface area (Å²) in [5, 5.41) is 9.02. The van der Waals surface area contributed by atoms with Crippen molar-refractivity contribution in [3.05, 3.63) is 59.7 Å². The molecule has 0 saturated heterocycles. The number of carboxylic acids is 1. The summed E-state index contributed by atoms with van der Waals surface area (Å²) in [4.78, 5) is 11.0. The van der Waals surface area contributed by atoms with Crippen LogP contribution in [-0.4, -0.2) is 11.1 Å². The van der Waals surface area contributed by atoms with Crippen molar-refractivity contribution in [2.24, 2.45) is 0 Å². The zero-order valence-corrected chi connectivity index (χ0v) is 9.68. The minimum atomic E-state index is -0.884. The zero-order valence-electron chi connectivity index (χ0n) is 9.68. The third-order valence-corrected chi connectivity index (χ3v) is 2.82. The van der Waals surface area contributed by atoms with Gasteiger partial charge in [-0.3, -0.25) is 0 Å². The number of aromatic carboxylic acids is 1. The number of carboxylic acid groups (broad SMARTS) is 1. The fourth-order valence-electron chi connectivity index (χ4n) is 1.90. The van der Waals surface area contributed by atoms with Crippen molar-refractivity contribution >= 4 is 5.97 Å². The van der Waals surface area contributed by atoms with Crippen molar-refractivity contribution in [3.63, 3.8) is 0 Å². The smallest absolute Gasteiger partial charge is 0.335 e. The number of rotatable bonds is 3. The Morgan fingerprint density at radius 1 is 1.12 bits per heavy atom. The number of aryl methyl sites for hydroxylation is 1. The van der Waals surface area contributed by atoms with Crippen LogP contribution < -0.4 is 0 Å². The van der Waals surface area contributed by atoms with Crippen LogP contribution in [0.15, 0.2) is 48.5 Å². The minimum Gasteiger partial charge on any atom is -0.478 e. The molecule has 2 aromatic rings. The molecule has 86 valence electrons. The lowest BCUT2D eigenvalue weighted by molar-refractivity contribution is 0.0697. The highest BCUT2D eigenvalue weighted by Gasteiger charge is 2.08. The van der Waals surface area contributed by atoms with Gasteiger partial charge in [-0.25, -0.2) is 4.79 Å². The van der Waals surface area contributed by atoms with Crippen LogP contribution in [0.5, 0.6) is 0 Å². The third kappa shape index (κ3) is 2.36. The highest BCUT2D eigenvalue weighted by atomic mass is 16.4. The molecule has 0 radical (unpaired) electrons. The van der Waals surface area contributed by atoms with Gasteiger partial charge in [-0.1, -0.05) is 43.3 Å². The van der Waals surface area contributed by atoms with Gasteiger partial charge in [0, 0.05) is 0 Å². The average molecular weight is 226 g/mol. The lowest BCUT2D eigenvalue weighted by atomic mass is 9.96. The molecule has 0 unspecified atom stereocenters. The average Bonchev–Trinajstić information content (AvgIpc) is 2.39. The van der Waals surface area contributed by atoms with Crippen molar-refractivity contribution in [2.75, 3.05) is 0 Å². The SMILES string of the molecule is CCc1ccc(C(=O)O)cc1-c1ccccc1. The summed E-state index contributed by atoms with van der Waals surface area (Å²) < 4.78 is 0. The van der Waals surface area contributed by atoms with Gasteiger partial charge in [0.15, 0.2) is 0 Å². The topological polar surface area (TPSA) is 37.3 Å². The van der Waals surface area contributed by atoms with E-state index >= 15 is 0 Å². The van der Waals surface area contributed by atoms with Crippen LogP contribution in [0.2, 0.25) is 0 Å². The molecule has 0 spiro atoms. The summed E-state index contributed by atoms with van der Waals surface area (Å²) in [6.07, 6.45) is 0.893.